The summed E-state index contributed by atoms with van der Waals surface area (Å²) in [5.74, 6) is 0.641. The van der Waals surface area contributed by atoms with E-state index >= 15 is 0 Å². The Kier molecular flexibility index (Phi) is 5.66. The number of benzene rings is 2. The summed E-state index contributed by atoms with van der Waals surface area (Å²) in [6.45, 7) is 0.948. The van der Waals surface area contributed by atoms with Crippen molar-refractivity contribution in [3.8, 4) is 11.5 Å². The lowest BCUT2D eigenvalue weighted by molar-refractivity contribution is -0.121. The Labute approximate surface area is 229 Å². The number of rotatable bonds is 5. The third kappa shape index (κ3) is 4.10. The first kappa shape index (κ1) is 23.8. The standard InChI is InChI=1S/C30H26N8O2/c31-27(39)25-13-6-14-26(29-35-21-9-3-4-10-22(21)36-29)38(25)18-15-16-37(17-18)30(40)24-12-5-11-23(32-24)28-33-19-7-1-2-8-20(19)34-28/h1-14,18,25H,15-17H2,(H2,31,39)(H,33,34)(H,35,36). The normalized spacial score (nSPS) is 18.9. The minimum atomic E-state index is -0.650. The Morgan fingerprint density at radius 3 is 2.27 bits per heavy atom. The van der Waals surface area contributed by atoms with Crippen molar-refractivity contribution in [3.05, 3.63) is 96.5 Å². The van der Waals surface area contributed by atoms with E-state index in [1.54, 1.807) is 17.0 Å². The Morgan fingerprint density at radius 1 is 0.850 bits per heavy atom. The molecule has 2 aliphatic rings. The van der Waals surface area contributed by atoms with Gasteiger partial charge in [-0.15, -0.1) is 0 Å². The number of primary amides is 1. The molecule has 4 N–H and O–H groups in total. The van der Waals surface area contributed by atoms with Gasteiger partial charge in [0, 0.05) is 19.1 Å². The fraction of sp³-hybridized carbons (Fsp3) is 0.167. The molecule has 3 aromatic heterocycles. The Morgan fingerprint density at radius 2 is 1.55 bits per heavy atom. The Hall–Kier alpha value is -5.25. The monoisotopic (exact) mass is 530 g/mol. The van der Waals surface area contributed by atoms with Crippen molar-refractivity contribution in [3.63, 3.8) is 0 Å². The summed E-state index contributed by atoms with van der Waals surface area (Å²) in [4.78, 5) is 50.5. The van der Waals surface area contributed by atoms with Crippen LogP contribution in [0.3, 0.4) is 0 Å². The van der Waals surface area contributed by atoms with E-state index in [9.17, 15) is 9.59 Å². The average Bonchev–Trinajstić information content (AvgIpc) is 3.74. The van der Waals surface area contributed by atoms with Crippen LogP contribution in [0.1, 0.15) is 22.7 Å². The second-order valence-corrected chi connectivity index (χ2v) is 10.00. The summed E-state index contributed by atoms with van der Waals surface area (Å²) < 4.78 is 0. The number of allylic oxidation sites excluding steroid dienone is 2. The molecule has 2 amide bonds. The Bertz CT molecular complexity index is 1770. The number of hydrogen-bond donors (Lipinski definition) is 3. The van der Waals surface area contributed by atoms with Gasteiger partial charge in [0.2, 0.25) is 5.91 Å². The van der Waals surface area contributed by atoms with E-state index in [0.29, 0.717) is 42.5 Å². The van der Waals surface area contributed by atoms with Crippen molar-refractivity contribution in [2.45, 2.75) is 18.5 Å². The number of amides is 2. The van der Waals surface area contributed by atoms with Crippen LogP contribution >= 0.6 is 0 Å². The van der Waals surface area contributed by atoms with Crippen LogP contribution in [0.2, 0.25) is 0 Å². The number of imidazole rings is 2. The third-order valence-corrected chi connectivity index (χ3v) is 7.49. The number of H-pyrrole nitrogens is 2. The number of likely N-dealkylation sites (tertiary alicyclic amines) is 1. The van der Waals surface area contributed by atoms with Crippen molar-refractivity contribution < 1.29 is 9.59 Å². The molecule has 1 saturated heterocycles. The van der Waals surface area contributed by atoms with Gasteiger partial charge in [-0.2, -0.15) is 0 Å². The molecule has 2 atom stereocenters. The highest BCUT2D eigenvalue weighted by Gasteiger charge is 2.38. The van der Waals surface area contributed by atoms with E-state index in [2.05, 4.69) is 19.9 Å². The zero-order valence-corrected chi connectivity index (χ0v) is 21.5. The van der Waals surface area contributed by atoms with E-state index in [0.717, 1.165) is 27.8 Å². The molecule has 1 fully saturated rings. The smallest absolute Gasteiger partial charge is 0.272 e. The molecule has 10 nitrogen and oxygen atoms in total. The topological polar surface area (TPSA) is 137 Å². The second-order valence-electron chi connectivity index (χ2n) is 10.00. The number of carbonyl (C=O) groups is 2. The van der Waals surface area contributed by atoms with Crippen LogP contribution < -0.4 is 5.73 Å². The number of nitrogens with zero attached hydrogens (tertiary/aromatic N) is 5. The van der Waals surface area contributed by atoms with Gasteiger partial charge in [-0.25, -0.2) is 15.0 Å². The van der Waals surface area contributed by atoms with Crippen LogP contribution in [0.5, 0.6) is 0 Å². The number of aromatic nitrogens is 5. The summed E-state index contributed by atoms with van der Waals surface area (Å²) >= 11 is 0. The first-order valence-electron chi connectivity index (χ1n) is 13.2. The minimum absolute atomic E-state index is 0.135. The van der Waals surface area contributed by atoms with Crippen LogP contribution in [-0.2, 0) is 4.79 Å². The van der Waals surface area contributed by atoms with Gasteiger partial charge in [-0.05, 0) is 48.9 Å². The summed E-state index contributed by atoms with van der Waals surface area (Å²) in [5.41, 5.74) is 11.0. The Balaban J connectivity index is 1.15. The largest absolute Gasteiger partial charge is 0.368 e. The SMILES string of the molecule is NC(=O)C1C=CC=C(c2nc3ccccc3[nH]2)N1C1CCN(C(=O)c2cccc(-c3nc4ccccc4[nH]3)n2)C1. The molecule has 0 saturated carbocycles. The molecule has 2 unspecified atom stereocenters. The fourth-order valence-corrected chi connectivity index (χ4v) is 5.59. The number of para-hydroxylation sites is 4. The number of carbonyl (C=O) groups excluding carboxylic acids is 2. The molecule has 7 rings (SSSR count). The van der Waals surface area contributed by atoms with E-state index < -0.39 is 11.9 Å². The third-order valence-electron chi connectivity index (χ3n) is 7.49. The van der Waals surface area contributed by atoms with Crippen LogP contribution in [0.4, 0.5) is 0 Å². The lowest BCUT2D eigenvalue weighted by Crippen LogP contribution is -2.50. The number of hydrogen-bond acceptors (Lipinski definition) is 6. The fourth-order valence-electron chi connectivity index (χ4n) is 5.59. The maximum Gasteiger partial charge on any atom is 0.272 e. The maximum atomic E-state index is 13.6. The average molecular weight is 531 g/mol. The maximum absolute atomic E-state index is 13.6. The van der Waals surface area contributed by atoms with E-state index in [-0.39, 0.29) is 11.9 Å². The molecular formula is C30H26N8O2. The zero-order valence-electron chi connectivity index (χ0n) is 21.5. The molecule has 2 aliphatic heterocycles. The number of aromatic amines is 2. The first-order chi connectivity index (χ1) is 19.5. The highest BCUT2D eigenvalue weighted by atomic mass is 16.2. The van der Waals surface area contributed by atoms with Crippen LogP contribution in [0, 0.1) is 0 Å². The highest BCUT2D eigenvalue weighted by Crippen LogP contribution is 2.32. The number of pyridine rings is 1. The zero-order chi connectivity index (χ0) is 27.2. The first-order valence-corrected chi connectivity index (χ1v) is 13.2. The predicted octanol–water partition coefficient (Wildman–Crippen LogP) is 3.48. The lowest BCUT2D eigenvalue weighted by atomic mass is 10.0. The number of nitrogens with one attached hydrogen (secondary N) is 2. The van der Waals surface area contributed by atoms with Crippen molar-refractivity contribution in [1.82, 2.24) is 34.7 Å². The van der Waals surface area contributed by atoms with Gasteiger partial charge >= 0.3 is 0 Å². The molecule has 5 aromatic rings. The number of fused-ring (bicyclic) bond motifs is 2. The van der Waals surface area contributed by atoms with Crippen LogP contribution in [0.15, 0.2) is 85.0 Å². The minimum Gasteiger partial charge on any atom is -0.368 e. The number of nitrogens with two attached hydrogens (primary N) is 1. The summed E-state index contributed by atoms with van der Waals surface area (Å²) in [6, 6.07) is 20.1. The summed E-state index contributed by atoms with van der Waals surface area (Å²) in [5, 5.41) is 0. The second kappa shape index (κ2) is 9.49. The van der Waals surface area contributed by atoms with Gasteiger partial charge in [0.15, 0.2) is 11.6 Å². The van der Waals surface area contributed by atoms with Gasteiger partial charge < -0.3 is 25.5 Å². The van der Waals surface area contributed by atoms with Crippen molar-refractivity contribution >= 4 is 39.6 Å². The lowest BCUT2D eigenvalue weighted by Gasteiger charge is -2.38. The molecule has 40 heavy (non-hydrogen) atoms. The molecule has 0 spiro atoms. The quantitative estimate of drug-likeness (QED) is 0.318. The molecule has 0 radical (unpaired) electrons. The van der Waals surface area contributed by atoms with Gasteiger partial charge in [0.05, 0.1) is 27.8 Å². The molecule has 5 heterocycles. The predicted molar refractivity (Wildman–Crippen MR) is 152 cm³/mol. The summed E-state index contributed by atoms with van der Waals surface area (Å²) in [7, 11) is 0. The summed E-state index contributed by atoms with van der Waals surface area (Å²) in [6.07, 6.45) is 6.22. The van der Waals surface area contributed by atoms with Crippen molar-refractivity contribution in [2.24, 2.45) is 5.73 Å². The molecule has 2 aromatic carbocycles. The van der Waals surface area contributed by atoms with E-state index in [1.165, 1.54) is 0 Å². The van der Waals surface area contributed by atoms with Gasteiger partial charge in [-0.3, -0.25) is 9.59 Å². The van der Waals surface area contributed by atoms with Crippen LogP contribution in [-0.4, -0.2) is 71.7 Å². The van der Waals surface area contributed by atoms with Crippen LogP contribution in [0.25, 0.3) is 39.3 Å². The molecule has 10 heteroatoms. The highest BCUT2D eigenvalue weighted by molar-refractivity contribution is 5.93. The van der Waals surface area contributed by atoms with E-state index in [1.807, 2.05) is 77.7 Å². The molecular weight excluding hydrogens is 504 g/mol. The molecule has 0 bridgehead atoms. The van der Waals surface area contributed by atoms with E-state index in [4.69, 9.17) is 10.7 Å². The molecule has 0 aliphatic carbocycles. The molecule has 198 valence electrons. The van der Waals surface area contributed by atoms with Gasteiger partial charge in [0.25, 0.3) is 5.91 Å². The van der Waals surface area contributed by atoms with Crippen molar-refractivity contribution in [1.29, 1.82) is 0 Å². The van der Waals surface area contributed by atoms with Gasteiger partial charge in [-0.1, -0.05) is 42.5 Å². The van der Waals surface area contributed by atoms with Crippen molar-refractivity contribution in [2.75, 3.05) is 13.1 Å². The van der Waals surface area contributed by atoms with Gasteiger partial charge in [0.1, 0.15) is 17.4 Å².